The van der Waals surface area contributed by atoms with Crippen LogP contribution in [0.4, 0.5) is 17.6 Å². The van der Waals surface area contributed by atoms with Crippen LogP contribution in [0.2, 0.25) is 0 Å². The van der Waals surface area contributed by atoms with Crippen molar-refractivity contribution in [2.45, 2.75) is 6.18 Å². The second kappa shape index (κ2) is 7.97. The highest BCUT2D eigenvalue weighted by Gasteiger charge is 2.31. The van der Waals surface area contributed by atoms with E-state index < -0.39 is 17.6 Å². The Morgan fingerprint density at radius 3 is 2.30 bits per heavy atom. The second-order valence-electron chi connectivity index (χ2n) is 7.02. The van der Waals surface area contributed by atoms with Gasteiger partial charge in [-0.25, -0.2) is 9.07 Å². The minimum Gasteiger partial charge on any atom is -0.332 e. The molecule has 0 spiro atoms. The molecule has 0 atom stereocenters. The van der Waals surface area contributed by atoms with Crippen molar-refractivity contribution in [2.75, 3.05) is 0 Å². The molecule has 3 aromatic carbocycles. The van der Waals surface area contributed by atoms with Crippen LogP contribution in [0.15, 0.2) is 83.4 Å². The molecule has 6 nitrogen and oxygen atoms in total. The molecule has 0 saturated carbocycles. The van der Waals surface area contributed by atoms with E-state index in [1.165, 1.54) is 22.9 Å². The van der Waals surface area contributed by atoms with Crippen LogP contribution in [0.25, 0.3) is 39.9 Å². The van der Waals surface area contributed by atoms with Gasteiger partial charge in [0.15, 0.2) is 5.69 Å². The summed E-state index contributed by atoms with van der Waals surface area (Å²) in [4.78, 5) is 4.23. The third-order valence-electron chi connectivity index (χ3n) is 4.87. The maximum Gasteiger partial charge on any atom is 0.416 e. The van der Waals surface area contributed by atoms with E-state index in [0.717, 1.165) is 12.1 Å². The lowest BCUT2D eigenvalue weighted by Crippen LogP contribution is -2.04. The quantitative estimate of drug-likeness (QED) is 0.323. The van der Waals surface area contributed by atoms with Crippen LogP contribution in [-0.2, 0) is 6.18 Å². The Morgan fingerprint density at radius 1 is 0.818 bits per heavy atom. The summed E-state index contributed by atoms with van der Waals surface area (Å²) in [6, 6.07) is 19.6. The molecule has 0 aliphatic rings. The molecule has 0 fully saturated rings. The number of hydrogen-bond acceptors (Lipinski definition) is 5. The first-order chi connectivity index (χ1) is 15.9. The van der Waals surface area contributed by atoms with Gasteiger partial charge in [0.25, 0.3) is 5.89 Å². The summed E-state index contributed by atoms with van der Waals surface area (Å²) in [6.45, 7) is 0. The van der Waals surface area contributed by atoms with Crippen molar-refractivity contribution >= 4 is 0 Å². The van der Waals surface area contributed by atoms with E-state index in [2.05, 4.69) is 20.5 Å². The normalized spacial score (nSPS) is 11.6. The zero-order valence-electron chi connectivity index (χ0n) is 16.7. The van der Waals surface area contributed by atoms with Gasteiger partial charge in [-0.1, -0.05) is 65.0 Å². The van der Waals surface area contributed by atoms with Crippen LogP contribution in [0.5, 0.6) is 0 Å². The van der Waals surface area contributed by atoms with Gasteiger partial charge in [0, 0.05) is 11.1 Å². The van der Waals surface area contributed by atoms with Gasteiger partial charge in [-0.15, -0.1) is 5.10 Å². The Kier molecular flexibility index (Phi) is 4.97. The summed E-state index contributed by atoms with van der Waals surface area (Å²) >= 11 is 0. The standard InChI is InChI=1S/C23H13F4N5O/c24-17-11-4-5-12-18(17)32-20(14-7-2-1-3-8-14)19(29-31-32)22-28-21(30-33-22)15-9-6-10-16(13-15)23(25,26)27/h1-13H. The molecule has 5 aromatic rings. The molecule has 0 radical (unpaired) electrons. The molecule has 33 heavy (non-hydrogen) atoms. The topological polar surface area (TPSA) is 69.6 Å². The summed E-state index contributed by atoms with van der Waals surface area (Å²) < 4.78 is 60.4. The number of benzene rings is 3. The van der Waals surface area contributed by atoms with E-state index in [9.17, 15) is 17.6 Å². The van der Waals surface area contributed by atoms with Crippen LogP contribution in [-0.4, -0.2) is 25.1 Å². The van der Waals surface area contributed by atoms with E-state index in [4.69, 9.17) is 4.52 Å². The highest BCUT2D eigenvalue weighted by molar-refractivity contribution is 5.76. The van der Waals surface area contributed by atoms with Crippen LogP contribution in [0, 0.1) is 5.82 Å². The Bertz CT molecular complexity index is 1430. The predicted octanol–water partition coefficient (Wildman–Crippen LogP) is 5.81. The Labute approximate surface area is 184 Å². The summed E-state index contributed by atoms with van der Waals surface area (Å²) in [5.41, 5.74) is 0.659. The Balaban J connectivity index is 1.63. The molecule has 0 aliphatic heterocycles. The van der Waals surface area contributed by atoms with Gasteiger partial charge >= 0.3 is 6.18 Å². The van der Waals surface area contributed by atoms with Gasteiger partial charge in [-0.05, 0) is 24.3 Å². The van der Waals surface area contributed by atoms with E-state index in [1.807, 2.05) is 6.07 Å². The lowest BCUT2D eigenvalue weighted by Gasteiger charge is -2.08. The maximum absolute atomic E-state index is 14.5. The number of halogens is 4. The monoisotopic (exact) mass is 451 g/mol. The van der Waals surface area contributed by atoms with Crippen LogP contribution < -0.4 is 0 Å². The van der Waals surface area contributed by atoms with Crippen molar-refractivity contribution in [2.24, 2.45) is 0 Å². The molecule has 0 aliphatic carbocycles. The molecule has 164 valence electrons. The average Bonchev–Trinajstić information content (AvgIpc) is 3.47. The number of para-hydroxylation sites is 1. The number of hydrogen-bond donors (Lipinski definition) is 0. The minimum absolute atomic E-state index is 0.0458. The smallest absolute Gasteiger partial charge is 0.332 e. The summed E-state index contributed by atoms with van der Waals surface area (Å²) in [5.74, 6) is -0.624. The fraction of sp³-hybridized carbons (Fsp3) is 0.0435. The van der Waals surface area contributed by atoms with E-state index in [-0.39, 0.29) is 28.7 Å². The Morgan fingerprint density at radius 2 is 1.55 bits per heavy atom. The van der Waals surface area contributed by atoms with Crippen molar-refractivity contribution in [3.05, 3.63) is 90.2 Å². The zero-order valence-corrected chi connectivity index (χ0v) is 16.7. The van der Waals surface area contributed by atoms with Gasteiger partial charge in [0.2, 0.25) is 5.82 Å². The highest BCUT2D eigenvalue weighted by Crippen LogP contribution is 2.34. The van der Waals surface area contributed by atoms with Crippen molar-refractivity contribution in [3.8, 4) is 39.9 Å². The van der Waals surface area contributed by atoms with Gasteiger partial charge < -0.3 is 4.52 Å². The molecular formula is C23H13F4N5O. The van der Waals surface area contributed by atoms with Gasteiger partial charge in [0.1, 0.15) is 17.2 Å². The molecule has 2 heterocycles. The summed E-state index contributed by atoms with van der Waals surface area (Å²) in [7, 11) is 0. The summed E-state index contributed by atoms with van der Waals surface area (Å²) in [6.07, 6.45) is -4.51. The fourth-order valence-corrected chi connectivity index (χ4v) is 3.34. The highest BCUT2D eigenvalue weighted by atomic mass is 19.4. The molecular weight excluding hydrogens is 438 g/mol. The van der Waals surface area contributed by atoms with E-state index in [1.54, 1.807) is 42.5 Å². The van der Waals surface area contributed by atoms with Crippen molar-refractivity contribution in [1.82, 2.24) is 25.1 Å². The number of rotatable bonds is 4. The van der Waals surface area contributed by atoms with Gasteiger partial charge in [-0.2, -0.15) is 18.2 Å². The van der Waals surface area contributed by atoms with Crippen LogP contribution in [0.1, 0.15) is 5.56 Å². The van der Waals surface area contributed by atoms with E-state index in [0.29, 0.717) is 11.3 Å². The SMILES string of the molecule is Fc1ccccc1-n1nnc(-c2nc(-c3cccc(C(F)(F)F)c3)no2)c1-c1ccccc1. The number of aromatic nitrogens is 5. The largest absolute Gasteiger partial charge is 0.416 e. The fourth-order valence-electron chi connectivity index (χ4n) is 3.34. The lowest BCUT2D eigenvalue weighted by atomic mass is 10.1. The molecule has 0 bridgehead atoms. The maximum atomic E-state index is 14.5. The molecule has 0 unspecified atom stereocenters. The first kappa shape index (κ1) is 20.6. The third kappa shape index (κ3) is 3.86. The lowest BCUT2D eigenvalue weighted by molar-refractivity contribution is -0.137. The third-order valence-corrected chi connectivity index (χ3v) is 4.87. The predicted molar refractivity (Wildman–Crippen MR) is 110 cm³/mol. The first-order valence-electron chi connectivity index (χ1n) is 9.69. The average molecular weight is 451 g/mol. The molecule has 2 aromatic heterocycles. The van der Waals surface area contributed by atoms with Gasteiger partial charge in [-0.3, -0.25) is 0 Å². The first-order valence-corrected chi connectivity index (χ1v) is 9.69. The molecule has 10 heteroatoms. The Hall–Kier alpha value is -4.34. The molecule has 0 amide bonds. The second-order valence-corrected chi connectivity index (χ2v) is 7.02. The van der Waals surface area contributed by atoms with Crippen molar-refractivity contribution in [1.29, 1.82) is 0 Å². The van der Waals surface area contributed by atoms with Crippen molar-refractivity contribution in [3.63, 3.8) is 0 Å². The van der Waals surface area contributed by atoms with Crippen LogP contribution in [0.3, 0.4) is 0 Å². The number of alkyl halides is 3. The molecule has 0 N–H and O–H groups in total. The van der Waals surface area contributed by atoms with E-state index >= 15 is 0 Å². The van der Waals surface area contributed by atoms with Gasteiger partial charge in [0.05, 0.1) is 5.56 Å². The van der Waals surface area contributed by atoms with Crippen LogP contribution >= 0.6 is 0 Å². The minimum atomic E-state index is -4.51. The number of nitrogens with zero attached hydrogens (tertiary/aromatic N) is 5. The summed E-state index contributed by atoms with van der Waals surface area (Å²) in [5, 5.41) is 12.0. The molecule has 5 rings (SSSR count). The zero-order chi connectivity index (χ0) is 23.0. The molecule has 0 saturated heterocycles. The van der Waals surface area contributed by atoms with Crippen molar-refractivity contribution < 1.29 is 22.1 Å².